The smallest absolute Gasteiger partial charge is 0.351 e. The van der Waals surface area contributed by atoms with Gasteiger partial charge in [-0.2, -0.15) is 17.6 Å². The monoisotopic (exact) mass is 292 g/mol. The summed E-state index contributed by atoms with van der Waals surface area (Å²) in [6.45, 7) is -7.24. The minimum absolute atomic E-state index is 0.651. The van der Waals surface area contributed by atoms with E-state index in [0.717, 1.165) is 6.92 Å². The molecule has 0 bridgehead atoms. The Morgan fingerprint density at radius 3 is 1.65 bits per heavy atom. The molecule has 12 heteroatoms. The maximum atomic E-state index is 11.9. The van der Waals surface area contributed by atoms with Crippen LogP contribution in [0.4, 0.5) is 30.7 Å². The second-order valence-corrected chi connectivity index (χ2v) is 4.20. The SMILES string of the molecule is CCO[Si](OC(F)F)(OC(F)F)OC(F)(F)F. The zero-order chi connectivity index (χ0) is 13.7. The highest BCUT2D eigenvalue weighted by Crippen LogP contribution is 2.28. The van der Waals surface area contributed by atoms with E-state index in [2.05, 4.69) is 17.7 Å². The van der Waals surface area contributed by atoms with Crippen molar-refractivity contribution in [2.75, 3.05) is 6.61 Å². The Kier molecular flexibility index (Phi) is 6.32. The molecule has 0 atom stereocenters. The molecule has 0 saturated carbocycles. The van der Waals surface area contributed by atoms with Gasteiger partial charge in [-0.15, -0.1) is 13.2 Å². The lowest BCUT2D eigenvalue weighted by atomic mass is 10.9. The van der Waals surface area contributed by atoms with Gasteiger partial charge in [0, 0.05) is 6.61 Å². The molecule has 0 aliphatic carbocycles. The summed E-state index contributed by atoms with van der Waals surface area (Å²) in [6.07, 6.45) is -5.52. The minimum atomic E-state index is -5.68. The Bertz CT molecular complexity index is 213. The van der Waals surface area contributed by atoms with Crippen LogP contribution in [-0.2, 0) is 17.7 Å². The molecule has 0 unspecified atom stereocenters. The van der Waals surface area contributed by atoms with Crippen LogP contribution in [0.5, 0.6) is 0 Å². The molecule has 104 valence electrons. The Morgan fingerprint density at radius 2 is 1.41 bits per heavy atom. The van der Waals surface area contributed by atoms with Gasteiger partial charge in [-0.1, -0.05) is 0 Å². The quantitative estimate of drug-likeness (QED) is 0.533. The van der Waals surface area contributed by atoms with Gasteiger partial charge in [0.1, 0.15) is 0 Å². The fraction of sp³-hybridized carbons (Fsp3) is 1.00. The van der Waals surface area contributed by atoms with Gasteiger partial charge in [0.15, 0.2) is 0 Å². The summed E-state index contributed by atoms with van der Waals surface area (Å²) < 4.78 is 96.6. The Labute approximate surface area is 91.7 Å². The van der Waals surface area contributed by atoms with Crippen LogP contribution in [0, 0.1) is 0 Å². The van der Waals surface area contributed by atoms with E-state index in [9.17, 15) is 30.7 Å². The van der Waals surface area contributed by atoms with Crippen LogP contribution in [-0.4, -0.2) is 35.2 Å². The van der Waals surface area contributed by atoms with E-state index in [0.29, 0.717) is 0 Å². The van der Waals surface area contributed by atoms with Crippen LogP contribution in [0.1, 0.15) is 6.92 Å². The van der Waals surface area contributed by atoms with Gasteiger partial charge in [0.25, 0.3) is 0 Å². The van der Waals surface area contributed by atoms with E-state index in [1.807, 2.05) is 0 Å². The van der Waals surface area contributed by atoms with E-state index in [4.69, 9.17) is 0 Å². The van der Waals surface area contributed by atoms with E-state index in [1.165, 1.54) is 0 Å². The van der Waals surface area contributed by atoms with E-state index < -0.39 is 35.2 Å². The molecule has 0 aromatic rings. The van der Waals surface area contributed by atoms with E-state index in [-0.39, 0.29) is 0 Å². The third-order valence-corrected chi connectivity index (χ3v) is 3.09. The topological polar surface area (TPSA) is 36.9 Å². The first-order valence-electron chi connectivity index (χ1n) is 3.93. The molecule has 0 aromatic carbocycles. The second-order valence-electron chi connectivity index (χ2n) is 2.24. The van der Waals surface area contributed by atoms with Crippen molar-refractivity contribution in [3.63, 3.8) is 0 Å². The third-order valence-electron chi connectivity index (χ3n) is 1.03. The molecule has 0 amide bonds. The summed E-state index contributed by atoms with van der Waals surface area (Å²) in [7, 11) is -5.68. The predicted molar refractivity (Wildman–Crippen MR) is 38.7 cm³/mol. The Morgan fingerprint density at radius 1 is 1.00 bits per heavy atom. The standard InChI is InChI=1S/C5H7F7O4Si/c1-2-13-17(14-3(6)7,15-4(8)9)16-5(10,11)12/h3-4H,2H2,1H3. The first-order valence-corrected chi connectivity index (χ1v) is 5.56. The van der Waals surface area contributed by atoms with Gasteiger partial charge in [-0.05, 0) is 6.92 Å². The van der Waals surface area contributed by atoms with Crippen LogP contribution in [0.15, 0.2) is 0 Å². The van der Waals surface area contributed by atoms with Crippen molar-refractivity contribution < 1.29 is 48.4 Å². The molecule has 0 spiro atoms. The summed E-state index contributed by atoms with van der Waals surface area (Å²) in [4.78, 5) is 0. The lowest BCUT2D eigenvalue weighted by molar-refractivity contribution is -0.323. The van der Waals surface area contributed by atoms with Crippen molar-refractivity contribution in [1.29, 1.82) is 0 Å². The average molecular weight is 292 g/mol. The van der Waals surface area contributed by atoms with Crippen molar-refractivity contribution in [3.8, 4) is 0 Å². The molecule has 0 rings (SSSR count). The van der Waals surface area contributed by atoms with E-state index in [1.54, 1.807) is 0 Å². The zero-order valence-corrected chi connectivity index (χ0v) is 9.14. The number of hydrogen-bond acceptors (Lipinski definition) is 4. The molecule has 0 heterocycles. The van der Waals surface area contributed by atoms with Crippen molar-refractivity contribution in [1.82, 2.24) is 0 Å². The molecule has 0 aromatic heterocycles. The Balaban J connectivity index is 4.93. The fourth-order valence-electron chi connectivity index (χ4n) is 0.710. The average Bonchev–Trinajstić information content (AvgIpc) is 1.95. The summed E-state index contributed by atoms with van der Waals surface area (Å²) in [5, 5.41) is 0. The van der Waals surface area contributed by atoms with E-state index >= 15 is 0 Å². The second kappa shape index (κ2) is 6.49. The fourth-order valence-corrected chi connectivity index (χ4v) is 2.13. The highest BCUT2D eigenvalue weighted by atomic mass is 28.4. The van der Waals surface area contributed by atoms with Gasteiger partial charge < -0.3 is 4.43 Å². The van der Waals surface area contributed by atoms with Gasteiger partial charge in [-0.25, -0.2) is 0 Å². The first kappa shape index (κ1) is 16.6. The number of rotatable bonds is 7. The van der Waals surface area contributed by atoms with Gasteiger partial charge in [0.2, 0.25) is 0 Å². The van der Waals surface area contributed by atoms with Crippen molar-refractivity contribution in [2.45, 2.75) is 26.5 Å². The number of alkyl halides is 7. The summed E-state index contributed by atoms with van der Waals surface area (Å²) in [6, 6.07) is 0. The van der Waals surface area contributed by atoms with Crippen LogP contribution in [0.3, 0.4) is 0 Å². The van der Waals surface area contributed by atoms with Crippen LogP contribution in [0.2, 0.25) is 0 Å². The van der Waals surface area contributed by atoms with Crippen LogP contribution >= 0.6 is 0 Å². The van der Waals surface area contributed by atoms with Crippen LogP contribution in [0.25, 0.3) is 0 Å². The van der Waals surface area contributed by atoms with Crippen molar-refractivity contribution in [3.05, 3.63) is 0 Å². The molecule has 0 radical (unpaired) electrons. The summed E-state index contributed by atoms with van der Waals surface area (Å²) in [5.41, 5.74) is 0. The molecule has 0 saturated heterocycles. The summed E-state index contributed by atoms with van der Waals surface area (Å²) >= 11 is 0. The molecule has 0 aliphatic rings. The van der Waals surface area contributed by atoms with Gasteiger partial charge in [0.05, 0.1) is 0 Å². The molecule has 0 N–H and O–H groups in total. The van der Waals surface area contributed by atoms with Crippen LogP contribution < -0.4 is 0 Å². The van der Waals surface area contributed by atoms with Gasteiger partial charge in [-0.3, -0.25) is 13.3 Å². The lowest BCUT2D eigenvalue weighted by Gasteiger charge is -2.27. The maximum Gasteiger partial charge on any atom is 0.694 e. The predicted octanol–water partition coefficient (Wildman–Crippen LogP) is 2.47. The molecule has 17 heavy (non-hydrogen) atoms. The minimum Gasteiger partial charge on any atom is -0.351 e. The first-order chi connectivity index (χ1) is 7.60. The zero-order valence-electron chi connectivity index (χ0n) is 8.14. The highest BCUT2D eigenvalue weighted by molar-refractivity contribution is 6.53. The van der Waals surface area contributed by atoms with Gasteiger partial charge >= 0.3 is 28.6 Å². The molecular formula is C5H7F7O4Si. The normalized spacial score (nSPS) is 13.8. The third kappa shape index (κ3) is 7.48. The van der Waals surface area contributed by atoms with Crippen molar-refractivity contribution >= 4 is 9.05 Å². The molecule has 4 nitrogen and oxygen atoms in total. The lowest BCUT2D eigenvalue weighted by Crippen LogP contribution is -2.54. The Hall–Kier alpha value is -0.433. The molecular weight excluding hydrogens is 285 g/mol. The number of halogens is 7. The largest absolute Gasteiger partial charge is 0.694 e. The molecule has 0 aliphatic heterocycles. The summed E-state index contributed by atoms with van der Waals surface area (Å²) in [5.74, 6) is 0. The van der Waals surface area contributed by atoms with Crippen molar-refractivity contribution in [2.24, 2.45) is 0 Å². The molecule has 0 fully saturated rings. The maximum absolute atomic E-state index is 11.9. The highest BCUT2D eigenvalue weighted by Gasteiger charge is 2.58. The number of hydrogen-bond donors (Lipinski definition) is 0.